The molecule has 2 heterocycles. The van der Waals surface area contributed by atoms with Gasteiger partial charge < -0.3 is 19.3 Å². The van der Waals surface area contributed by atoms with E-state index in [4.69, 9.17) is 55.9 Å². The normalized spacial score (nSPS) is 20.5. The van der Waals surface area contributed by atoms with E-state index in [2.05, 4.69) is 24.3 Å². The van der Waals surface area contributed by atoms with Crippen LogP contribution in [0.4, 0.5) is 35.9 Å². The molecule has 12 nitrogen and oxygen atoms in total. The molecule has 4 aliphatic rings. The highest BCUT2D eigenvalue weighted by molar-refractivity contribution is 7.85. The van der Waals surface area contributed by atoms with E-state index in [-0.39, 0.29) is 121 Å². The third-order valence-corrected chi connectivity index (χ3v) is 25.5. The molecule has 2 unspecified atom stereocenters. The van der Waals surface area contributed by atoms with Crippen LogP contribution in [0.1, 0.15) is 136 Å². The minimum absolute atomic E-state index is 0. The molecule has 0 saturated heterocycles. The Morgan fingerprint density at radius 3 is 1.10 bits per heavy atom. The van der Waals surface area contributed by atoms with Crippen molar-refractivity contribution in [3.05, 3.63) is 199 Å². The van der Waals surface area contributed by atoms with Gasteiger partial charge in [0, 0.05) is 74.4 Å². The first kappa shape index (κ1) is 92.0. The number of alkyl halides is 6. The number of carbonyl (C=O) groups excluding carboxylic acids is 4. The molecule has 30 heteroatoms. The summed E-state index contributed by atoms with van der Waals surface area (Å²) in [4.78, 5) is 57.9. The molecule has 4 atom stereocenters. The molecule has 0 N–H and O–H groups in total. The van der Waals surface area contributed by atoms with Crippen LogP contribution in [0, 0.1) is 11.8 Å². The largest absolute Gasteiger partial charge is 0.415 e. The van der Waals surface area contributed by atoms with Gasteiger partial charge in [0.2, 0.25) is 11.8 Å². The first-order chi connectivity index (χ1) is 45.5. The van der Waals surface area contributed by atoms with Crippen molar-refractivity contribution in [3.63, 3.8) is 0 Å². The molecule has 0 radical (unpaired) electrons. The quantitative estimate of drug-likeness (QED) is 0.0690. The van der Waals surface area contributed by atoms with Crippen LogP contribution in [0.15, 0.2) is 146 Å². The first-order valence-electron chi connectivity index (χ1n) is 32.0. The van der Waals surface area contributed by atoms with Crippen LogP contribution in [-0.4, -0.2) is 106 Å². The summed E-state index contributed by atoms with van der Waals surface area (Å²) in [6.45, 7) is -0.492. The molecule has 0 aromatic heterocycles. The number of nitrogens with zero attached hydrogens (tertiary/aromatic N) is 4. The molecule has 2 saturated carbocycles. The number of benzene rings is 6. The number of likely N-dealkylation sites (N-methyl/N-ethyl adjacent to an activating group) is 4. The lowest BCUT2D eigenvalue weighted by atomic mass is 9.74. The average Bonchev–Trinajstić information content (AvgIpc) is 1.56. The van der Waals surface area contributed by atoms with E-state index in [0.29, 0.717) is 71.7 Å². The van der Waals surface area contributed by atoms with Gasteiger partial charge in [-0.15, -0.1) is 24.8 Å². The minimum atomic E-state index is -4.70. The molecule has 102 heavy (non-hydrogen) atoms. The van der Waals surface area contributed by atoms with E-state index in [1.165, 1.54) is 49.1 Å². The number of ether oxygens (including phenoxy) is 2. The molecule has 6 aromatic carbocycles. The smallest absolute Gasteiger partial charge is 0.410 e. The lowest BCUT2D eigenvalue weighted by Gasteiger charge is -2.44. The van der Waals surface area contributed by atoms with Crippen molar-refractivity contribution in [1.29, 1.82) is 0 Å². The van der Waals surface area contributed by atoms with Crippen LogP contribution in [0.2, 0.25) is 20.1 Å². The van der Waals surface area contributed by atoms with Crippen molar-refractivity contribution >= 4 is 171 Å². The summed E-state index contributed by atoms with van der Waals surface area (Å²) in [7, 11) is 3.70. The van der Waals surface area contributed by atoms with Gasteiger partial charge in [0.1, 0.15) is 24.3 Å². The van der Waals surface area contributed by atoms with Gasteiger partial charge in [-0.25, -0.2) is 9.59 Å². The Labute approximate surface area is 659 Å². The van der Waals surface area contributed by atoms with Gasteiger partial charge in [0.05, 0.1) is 40.7 Å². The summed E-state index contributed by atoms with van der Waals surface area (Å²) in [5, 5.41) is 0.949. The number of carbonyl (C=O) groups is 4. The van der Waals surface area contributed by atoms with Gasteiger partial charge in [-0.3, -0.25) is 27.8 Å². The Hall–Kier alpha value is -4.18. The summed E-state index contributed by atoms with van der Waals surface area (Å²) in [5.41, 5.74) is 3.10. The SMILES string of the molecule is CN(C[C@](CCCC1CCC2(CC1)c1ccccc1CS2=O)(c1ccc(Cl)c(Cl)c1)N(C)C(=O)Oc1ccccc1)C(=O)CC(F)(F)F.CN(C[C@](CCCC1CCC2(CC1)c1ccccc1CS2=O)(c1ccc(Cl)c(Cl)c1)N(C)C(=O)Oc1ccccc1)C(=O)CC(F)(F)F.Cl.Cl.S.S.S.S. The van der Waals surface area contributed by atoms with E-state index in [0.717, 1.165) is 85.1 Å². The molecular formula is C72H88Cl6F6N4O8S6. The van der Waals surface area contributed by atoms with E-state index in [1.807, 2.05) is 24.3 Å². The summed E-state index contributed by atoms with van der Waals surface area (Å²) in [6.07, 6.45) is -4.03. The van der Waals surface area contributed by atoms with Crippen molar-refractivity contribution in [2.45, 2.75) is 147 Å². The lowest BCUT2D eigenvalue weighted by molar-refractivity contribution is -0.163. The Morgan fingerprint density at radius 1 is 0.471 bits per heavy atom. The van der Waals surface area contributed by atoms with E-state index >= 15 is 0 Å². The molecule has 2 aliphatic heterocycles. The van der Waals surface area contributed by atoms with Crippen molar-refractivity contribution in [1.82, 2.24) is 19.6 Å². The number of hydrogen-bond donors (Lipinski definition) is 0. The number of rotatable bonds is 20. The van der Waals surface area contributed by atoms with Crippen LogP contribution < -0.4 is 9.47 Å². The fourth-order valence-corrected chi connectivity index (χ4v) is 19.1. The number of amides is 4. The third-order valence-electron chi connectivity index (χ3n) is 19.9. The second-order valence-corrected chi connectivity index (χ2v) is 31.0. The average molecular weight is 1660 g/mol. The molecule has 0 bridgehead atoms. The zero-order valence-electron chi connectivity index (χ0n) is 56.6. The van der Waals surface area contributed by atoms with Gasteiger partial charge in [-0.1, -0.05) is 169 Å². The van der Waals surface area contributed by atoms with Crippen molar-refractivity contribution in [2.75, 3.05) is 41.3 Å². The molecule has 2 fully saturated rings. The zero-order chi connectivity index (χ0) is 69.4. The lowest BCUT2D eigenvalue weighted by Crippen LogP contribution is -2.55. The highest BCUT2D eigenvalue weighted by Gasteiger charge is 2.50. The Bertz CT molecular complexity index is 3570. The topological polar surface area (TPSA) is 134 Å². The highest BCUT2D eigenvalue weighted by atomic mass is 35.5. The van der Waals surface area contributed by atoms with Gasteiger partial charge >= 0.3 is 24.5 Å². The minimum Gasteiger partial charge on any atom is -0.410 e. The maximum atomic E-state index is 13.7. The number of fused-ring (bicyclic) bond motifs is 4. The van der Waals surface area contributed by atoms with Crippen LogP contribution in [0.25, 0.3) is 0 Å². The molecular weight excluding hydrogens is 1570 g/mol. The van der Waals surface area contributed by atoms with Gasteiger partial charge in [0.25, 0.3) is 0 Å². The predicted octanol–water partition coefficient (Wildman–Crippen LogP) is 19.8. The molecule has 4 amide bonds. The standard InChI is InChI=1S/2C36H39Cl2F3N2O4S.2ClH.4H2S/c2*1-42(32(44)22-36(39,40)41)24-34(27-14-15-30(37)31(38)21-27,43(2)33(45)47-28-11-4-3-5-12-28)18-8-9-25-16-19-35(20-17-25)29-13-7-6-10-26(29)23-48(35)46;;;;;;/h2*3-7,10-15,21,25H,8-9,16-20,22-24H2,1-2H3;2*1H;4*1H2/t2*25?,34-,35?,48?;;;;;;/m11....../s1. The van der Waals surface area contributed by atoms with E-state index in [9.17, 15) is 53.9 Å². The Kier molecular flexibility index (Phi) is 35.7. The monoisotopic (exact) mass is 1650 g/mol. The van der Waals surface area contributed by atoms with Crippen LogP contribution in [0.5, 0.6) is 11.5 Å². The molecule has 6 aromatic rings. The van der Waals surface area contributed by atoms with Crippen molar-refractivity contribution in [3.8, 4) is 11.5 Å². The predicted molar refractivity (Wildman–Crippen MR) is 421 cm³/mol. The second kappa shape index (κ2) is 39.6. The number of halogens is 12. The third kappa shape index (κ3) is 22.0. The zero-order valence-corrected chi connectivity index (χ0v) is 66.9. The Morgan fingerprint density at radius 2 is 0.784 bits per heavy atom. The fourth-order valence-electron chi connectivity index (χ4n) is 14.6. The summed E-state index contributed by atoms with van der Waals surface area (Å²) in [5.74, 6) is 0.161. The second-order valence-electron chi connectivity index (χ2n) is 25.8. The van der Waals surface area contributed by atoms with Crippen LogP contribution in [-0.2, 0) is 63.3 Å². The first-order valence-corrected chi connectivity index (χ1v) is 36.1. The maximum Gasteiger partial charge on any atom is 0.415 e. The van der Waals surface area contributed by atoms with Crippen LogP contribution >= 0.6 is 125 Å². The van der Waals surface area contributed by atoms with Gasteiger partial charge in [-0.2, -0.15) is 80.3 Å². The molecule has 10 rings (SSSR count). The maximum absolute atomic E-state index is 13.7. The molecule has 2 aliphatic carbocycles. The Balaban J connectivity index is 0.000000501. The van der Waals surface area contributed by atoms with Gasteiger partial charge in [-0.05, 0) is 158 Å². The summed E-state index contributed by atoms with van der Waals surface area (Å²) >= 11 is 25.4. The van der Waals surface area contributed by atoms with Crippen LogP contribution in [0.3, 0.4) is 0 Å². The summed E-state index contributed by atoms with van der Waals surface area (Å²) in [6, 6.07) is 42.9. The number of para-hydroxylation sites is 2. The summed E-state index contributed by atoms with van der Waals surface area (Å²) < 4.78 is 117. The van der Waals surface area contributed by atoms with Crippen molar-refractivity contribution in [2.24, 2.45) is 11.8 Å². The highest BCUT2D eigenvalue weighted by Crippen LogP contribution is 2.53. The van der Waals surface area contributed by atoms with E-state index in [1.54, 1.807) is 97.1 Å². The van der Waals surface area contributed by atoms with E-state index < -0.39 is 81.9 Å². The van der Waals surface area contributed by atoms with Crippen molar-refractivity contribution < 1.29 is 63.4 Å². The molecule has 2 spiro atoms. The fraction of sp³-hybridized carbons (Fsp3) is 0.444. The number of hydrogen-bond acceptors (Lipinski definition) is 8. The van der Waals surface area contributed by atoms with Gasteiger partial charge in [0.15, 0.2) is 0 Å². The molecule has 564 valence electrons.